The van der Waals surface area contributed by atoms with E-state index in [4.69, 9.17) is 11.6 Å². The number of halogens is 1. The summed E-state index contributed by atoms with van der Waals surface area (Å²) in [7, 11) is 0. The predicted octanol–water partition coefficient (Wildman–Crippen LogP) is 2.58. The Hall–Kier alpha value is -0.530. The zero-order valence-corrected chi connectivity index (χ0v) is 8.10. The van der Waals surface area contributed by atoms with E-state index in [1.807, 2.05) is 32.0 Å². The number of aliphatic hydroxyl groups excluding tert-OH is 1. The summed E-state index contributed by atoms with van der Waals surface area (Å²) in [6.07, 6.45) is -0.535. The number of aliphatic hydroxyl groups is 1. The molecule has 0 aliphatic carbocycles. The lowest BCUT2D eigenvalue weighted by Gasteiger charge is -2.10. The van der Waals surface area contributed by atoms with Crippen LogP contribution in [0, 0.1) is 13.8 Å². The van der Waals surface area contributed by atoms with Crippen LogP contribution in [0.25, 0.3) is 0 Å². The van der Waals surface area contributed by atoms with E-state index < -0.39 is 6.10 Å². The van der Waals surface area contributed by atoms with Crippen LogP contribution in [0.5, 0.6) is 0 Å². The minimum atomic E-state index is -0.535. The molecule has 0 amide bonds. The van der Waals surface area contributed by atoms with Crippen molar-refractivity contribution in [3.8, 4) is 0 Å². The van der Waals surface area contributed by atoms with Crippen molar-refractivity contribution in [2.75, 3.05) is 5.88 Å². The van der Waals surface area contributed by atoms with Crippen molar-refractivity contribution < 1.29 is 5.11 Å². The fourth-order valence-electron chi connectivity index (χ4n) is 1.28. The second kappa shape index (κ2) is 3.92. The van der Waals surface area contributed by atoms with E-state index in [1.54, 1.807) is 0 Å². The first-order valence-electron chi connectivity index (χ1n) is 3.96. The SMILES string of the molecule is Cc1ccc([C@@H](O)CCl)c(C)c1. The molecule has 1 nitrogen and oxygen atoms in total. The van der Waals surface area contributed by atoms with Crippen LogP contribution in [0.1, 0.15) is 22.8 Å². The van der Waals surface area contributed by atoms with Crippen molar-refractivity contribution >= 4 is 11.6 Å². The molecule has 1 rings (SSSR count). The normalized spacial score (nSPS) is 13.0. The van der Waals surface area contributed by atoms with Crippen LogP contribution in [0.15, 0.2) is 18.2 Å². The molecular formula is C10H13ClO. The summed E-state index contributed by atoms with van der Waals surface area (Å²) < 4.78 is 0. The molecule has 0 saturated heterocycles. The van der Waals surface area contributed by atoms with Crippen molar-refractivity contribution in [1.29, 1.82) is 0 Å². The maximum atomic E-state index is 9.47. The molecule has 1 N–H and O–H groups in total. The Morgan fingerprint density at radius 3 is 2.58 bits per heavy atom. The number of hydrogen-bond donors (Lipinski definition) is 1. The number of benzene rings is 1. The average Bonchev–Trinajstić information content (AvgIpc) is 2.03. The molecule has 0 unspecified atom stereocenters. The highest BCUT2D eigenvalue weighted by Crippen LogP contribution is 2.19. The lowest BCUT2D eigenvalue weighted by atomic mass is 10.0. The van der Waals surface area contributed by atoms with Crippen LogP contribution < -0.4 is 0 Å². The maximum absolute atomic E-state index is 9.47. The highest BCUT2D eigenvalue weighted by Gasteiger charge is 2.07. The van der Waals surface area contributed by atoms with Gasteiger partial charge in [-0.05, 0) is 25.0 Å². The Labute approximate surface area is 78.0 Å². The molecule has 66 valence electrons. The first kappa shape index (κ1) is 9.56. The van der Waals surface area contributed by atoms with Crippen LogP contribution in [0.3, 0.4) is 0 Å². The summed E-state index contributed by atoms with van der Waals surface area (Å²) in [5, 5.41) is 9.47. The Bertz CT molecular complexity index is 271. The molecule has 0 bridgehead atoms. The van der Waals surface area contributed by atoms with Crippen molar-refractivity contribution in [3.05, 3.63) is 34.9 Å². The van der Waals surface area contributed by atoms with E-state index >= 15 is 0 Å². The summed E-state index contributed by atoms with van der Waals surface area (Å²) in [5.74, 6) is 0.254. The van der Waals surface area contributed by atoms with E-state index in [2.05, 4.69) is 0 Å². The Morgan fingerprint density at radius 1 is 1.42 bits per heavy atom. The fourth-order valence-corrected chi connectivity index (χ4v) is 1.45. The van der Waals surface area contributed by atoms with Crippen molar-refractivity contribution in [2.45, 2.75) is 20.0 Å². The molecule has 0 aliphatic rings. The largest absolute Gasteiger partial charge is 0.387 e. The van der Waals surface area contributed by atoms with E-state index in [-0.39, 0.29) is 5.88 Å². The molecule has 12 heavy (non-hydrogen) atoms. The summed E-state index contributed by atoms with van der Waals surface area (Å²) in [6, 6.07) is 5.96. The number of rotatable bonds is 2. The quantitative estimate of drug-likeness (QED) is 0.701. The Morgan fingerprint density at radius 2 is 2.08 bits per heavy atom. The fraction of sp³-hybridized carbons (Fsp3) is 0.400. The van der Waals surface area contributed by atoms with E-state index in [9.17, 15) is 5.11 Å². The molecule has 1 atom stereocenters. The van der Waals surface area contributed by atoms with E-state index in [0.29, 0.717) is 0 Å². The molecule has 0 aromatic heterocycles. The highest BCUT2D eigenvalue weighted by atomic mass is 35.5. The van der Waals surface area contributed by atoms with Gasteiger partial charge in [0, 0.05) is 0 Å². The third-order valence-electron chi connectivity index (χ3n) is 1.93. The maximum Gasteiger partial charge on any atom is 0.0927 e. The topological polar surface area (TPSA) is 20.2 Å². The summed E-state index contributed by atoms with van der Waals surface area (Å²) >= 11 is 5.55. The van der Waals surface area contributed by atoms with Crippen LogP contribution in [0.4, 0.5) is 0 Å². The molecular weight excluding hydrogens is 172 g/mol. The van der Waals surface area contributed by atoms with Crippen molar-refractivity contribution in [3.63, 3.8) is 0 Å². The third-order valence-corrected chi connectivity index (χ3v) is 2.22. The van der Waals surface area contributed by atoms with Gasteiger partial charge in [-0.25, -0.2) is 0 Å². The number of alkyl halides is 1. The van der Waals surface area contributed by atoms with Gasteiger partial charge in [-0.3, -0.25) is 0 Å². The lowest BCUT2D eigenvalue weighted by Crippen LogP contribution is -2.01. The molecule has 0 spiro atoms. The van der Waals surface area contributed by atoms with Gasteiger partial charge in [0.05, 0.1) is 12.0 Å². The lowest BCUT2D eigenvalue weighted by molar-refractivity contribution is 0.202. The van der Waals surface area contributed by atoms with Gasteiger partial charge in [-0.15, -0.1) is 11.6 Å². The average molecular weight is 185 g/mol. The summed E-state index contributed by atoms with van der Waals surface area (Å²) in [4.78, 5) is 0. The monoisotopic (exact) mass is 184 g/mol. The van der Waals surface area contributed by atoms with Crippen molar-refractivity contribution in [1.82, 2.24) is 0 Å². The minimum Gasteiger partial charge on any atom is -0.387 e. The van der Waals surface area contributed by atoms with Crippen LogP contribution in [-0.2, 0) is 0 Å². The predicted molar refractivity (Wildman–Crippen MR) is 51.6 cm³/mol. The first-order valence-corrected chi connectivity index (χ1v) is 4.49. The highest BCUT2D eigenvalue weighted by molar-refractivity contribution is 6.18. The van der Waals surface area contributed by atoms with Gasteiger partial charge in [0.25, 0.3) is 0 Å². The molecule has 1 aromatic rings. The van der Waals surface area contributed by atoms with Gasteiger partial charge in [0.1, 0.15) is 0 Å². The Kier molecular flexibility index (Phi) is 3.12. The molecule has 0 heterocycles. The smallest absolute Gasteiger partial charge is 0.0927 e. The van der Waals surface area contributed by atoms with Crippen LogP contribution in [0.2, 0.25) is 0 Å². The molecule has 1 aromatic carbocycles. The molecule has 0 fully saturated rings. The number of hydrogen-bond acceptors (Lipinski definition) is 1. The van der Waals surface area contributed by atoms with Crippen LogP contribution in [-0.4, -0.2) is 11.0 Å². The van der Waals surface area contributed by atoms with E-state index in [1.165, 1.54) is 5.56 Å². The molecule has 2 heteroatoms. The molecule has 0 radical (unpaired) electrons. The zero-order valence-electron chi connectivity index (χ0n) is 7.34. The number of aryl methyl sites for hydroxylation is 2. The minimum absolute atomic E-state index is 0.254. The van der Waals surface area contributed by atoms with Gasteiger partial charge in [-0.1, -0.05) is 23.8 Å². The van der Waals surface area contributed by atoms with Gasteiger partial charge in [0.15, 0.2) is 0 Å². The van der Waals surface area contributed by atoms with Gasteiger partial charge < -0.3 is 5.11 Å². The summed E-state index contributed by atoms with van der Waals surface area (Å²) in [6.45, 7) is 4.02. The van der Waals surface area contributed by atoms with E-state index in [0.717, 1.165) is 11.1 Å². The Balaban J connectivity index is 3.01. The zero-order chi connectivity index (χ0) is 9.14. The second-order valence-electron chi connectivity index (χ2n) is 3.03. The standard InChI is InChI=1S/C10H13ClO/c1-7-3-4-9(8(2)5-7)10(12)6-11/h3-5,10,12H,6H2,1-2H3/t10-/m0/s1. The third kappa shape index (κ3) is 1.99. The van der Waals surface area contributed by atoms with Gasteiger partial charge in [0.2, 0.25) is 0 Å². The molecule has 0 saturated carbocycles. The first-order chi connectivity index (χ1) is 5.65. The van der Waals surface area contributed by atoms with Crippen LogP contribution >= 0.6 is 11.6 Å². The van der Waals surface area contributed by atoms with Crippen molar-refractivity contribution in [2.24, 2.45) is 0 Å². The van der Waals surface area contributed by atoms with Gasteiger partial charge >= 0.3 is 0 Å². The second-order valence-corrected chi connectivity index (χ2v) is 3.34. The van der Waals surface area contributed by atoms with Gasteiger partial charge in [-0.2, -0.15) is 0 Å². The molecule has 0 aliphatic heterocycles. The summed E-state index contributed by atoms with van der Waals surface area (Å²) in [5.41, 5.74) is 3.23.